The van der Waals surface area contributed by atoms with Crippen LogP contribution in [0, 0.1) is 6.92 Å². The fourth-order valence-electron chi connectivity index (χ4n) is 3.19. The number of hydrogen-bond acceptors (Lipinski definition) is 7. The number of benzene rings is 1. The summed E-state index contributed by atoms with van der Waals surface area (Å²) in [5.41, 5.74) is 1.60. The van der Waals surface area contributed by atoms with Crippen molar-refractivity contribution in [3.05, 3.63) is 44.4 Å². The third kappa shape index (κ3) is 6.15. The first-order valence-corrected chi connectivity index (χ1v) is 11.3. The Balaban J connectivity index is 1.46. The van der Waals surface area contributed by atoms with Gasteiger partial charge in [-0.05, 0) is 31.5 Å². The molecule has 1 saturated heterocycles. The fourth-order valence-corrected chi connectivity index (χ4v) is 4.54. The van der Waals surface area contributed by atoms with Crippen LogP contribution in [0.3, 0.4) is 0 Å². The molecule has 2 heterocycles. The summed E-state index contributed by atoms with van der Waals surface area (Å²) in [7, 11) is 0. The molecule has 1 fully saturated rings. The molecule has 162 valence electrons. The molecule has 10 heteroatoms. The van der Waals surface area contributed by atoms with Gasteiger partial charge in [-0.15, -0.1) is 0 Å². The number of nitrogens with zero attached hydrogens (tertiary/aromatic N) is 3. The van der Waals surface area contributed by atoms with Gasteiger partial charge >= 0.3 is 5.97 Å². The average molecular weight is 471 g/mol. The summed E-state index contributed by atoms with van der Waals surface area (Å²) in [4.78, 5) is 33.4. The summed E-state index contributed by atoms with van der Waals surface area (Å²) in [5, 5.41) is 4.50. The fraction of sp³-hybridized carbons (Fsp3) is 0.450. The van der Waals surface area contributed by atoms with E-state index in [4.69, 9.17) is 27.9 Å². The standard InChI is InChI=1S/C20H24Cl2N4O3S/c1-3-29-19(28)18-13(2)23-20(30-18)24-17(27)12-26-8-6-25(7-9-26)11-14-4-5-15(21)10-16(14)22/h4-5,10H,3,6-9,11-12H2,1-2H3,(H,23,24,27). The van der Waals surface area contributed by atoms with Crippen molar-refractivity contribution in [2.24, 2.45) is 0 Å². The molecule has 3 rings (SSSR count). The van der Waals surface area contributed by atoms with E-state index in [1.165, 1.54) is 0 Å². The molecule has 1 aromatic carbocycles. The zero-order chi connectivity index (χ0) is 21.7. The Kier molecular flexibility index (Phi) is 8.07. The number of carbonyl (C=O) groups is 2. The average Bonchev–Trinajstić information content (AvgIpc) is 3.05. The summed E-state index contributed by atoms with van der Waals surface area (Å²) in [6.45, 7) is 8.06. The van der Waals surface area contributed by atoms with Gasteiger partial charge in [0, 0.05) is 42.8 Å². The van der Waals surface area contributed by atoms with E-state index in [9.17, 15) is 9.59 Å². The molecular formula is C20H24Cl2N4O3S. The van der Waals surface area contributed by atoms with Crippen molar-refractivity contribution in [3.8, 4) is 0 Å². The van der Waals surface area contributed by atoms with E-state index in [0.717, 1.165) is 49.6 Å². The number of ether oxygens (including phenoxy) is 1. The molecule has 0 unspecified atom stereocenters. The van der Waals surface area contributed by atoms with Crippen LogP contribution in [0.1, 0.15) is 27.9 Å². The maximum atomic E-state index is 12.4. The van der Waals surface area contributed by atoms with Crippen molar-refractivity contribution in [1.82, 2.24) is 14.8 Å². The number of aromatic nitrogens is 1. The smallest absolute Gasteiger partial charge is 0.350 e. The highest BCUT2D eigenvalue weighted by molar-refractivity contribution is 7.17. The number of aryl methyl sites for hydroxylation is 1. The van der Waals surface area contributed by atoms with Crippen molar-refractivity contribution in [2.45, 2.75) is 20.4 Å². The van der Waals surface area contributed by atoms with Gasteiger partial charge in [-0.3, -0.25) is 14.6 Å². The van der Waals surface area contributed by atoms with Crippen LogP contribution in [0.25, 0.3) is 0 Å². The second-order valence-corrected chi connectivity index (χ2v) is 8.83. The Morgan fingerprint density at radius 3 is 2.57 bits per heavy atom. The van der Waals surface area contributed by atoms with Crippen LogP contribution in [-0.4, -0.2) is 66.0 Å². The predicted molar refractivity (Wildman–Crippen MR) is 120 cm³/mol. The molecule has 2 aromatic rings. The molecule has 0 spiro atoms. The number of halogens is 2. The maximum absolute atomic E-state index is 12.4. The van der Waals surface area contributed by atoms with Crippen LogP contribution in [0.4, 0.5) is 5.13 Å². The van der Waals surface area contributed by atoms with E-state index in [1.54, 1.807) is 19.9 Å². The minimum atomic E-state index is -0.412. The molecule has 1 amide bonds. The monoisotopic (exact) mass is 470 g/mol. The number of carbonyl (C=O) groups excluding carboxylic acids is 2. The van der Waals surface area contributed by atoms with Gasteiger partial charge in [0.1, 0.15) is 4.88 Å². The van der Waals surface area contributed by atoms with Crippen LogP contribution in [0.15, 0.2) is 18.2 Å². The lowest BCUT2D eigenvalue weighted by Gasteiger charge is -2.34. The number of rotatable bonds is 7. The zero-order valence-corrected chi connectivity index (χ0v) is 19.2. The van der Waals surface area contributed by atoms with Gasteiger partial charge in [-0.25, -0.2) is 9.78 Å². The summed E-state index contributed by atoms with van der Waals surface area (Å²) in [6.07, 6.45) is 0. The lowest BCUT2D eigenvalue weighted by Crippen LogP contribution is -2.48. The van der Waals surface area contributed by atoms with Gasteiger partial charge in [0.15, 0.2) is 5.13 Å². The Morgan fingerprint density at radius 1 is 1.20 bits per heavy atom. The predicted octanol–water partition coefficient (Wildman–Crippen LogP) is 3.69. The van der Waals surface area contributed by atoms with Gasteiger partial charge in [0.25, 0.3) is 0 Å². The van der Waals surface area contributed by atoms with E-state index in [-0.39, 0.29) is 12.5 Å². The molecular weight excluding hydrogens is 447 g/mol. The quantitative estimate of drug-likeness (QED) is 0.621. The zero-order valence-electron chi connectivity index (χ0n) is 16.9. The molecule has 0 atom stereocenters. The largest absolute Gasteiger partial charge is 0.462 e. The first kappa shape index (κ1) is 23.0. The lowest BCUT2D eigenvalue weighted by molar-refractivity contribution is -0.117. The van der Waals surface area contributed by atoms with Crippen LogP contribution in [0.2, 0.25) is 10.0 Å². The number of nitrogens with one attached hydrogen (secondary N) is 1. The van der Waals surface area contributed by atoms with E-state index < -0.39 is 5.97 Å². The number of piperazine rings is 1. The molecule has 1 N–H and O–H groups in total. The Labute approximate surface area is 189 Å². The van der Waals surface area contributed by atoms with E-state index in [2.05, 4.69) is 20.1 Å². The van der Waals surface area contributed by atoms with Gasteiger partial charge < -0.3 is 10.1 Å². The van der Waals surface area contributed by atoms with E-state index in [1.807, 2.05) is 12.1 Å². The Morgan fingerprint density at radius 2 is 1.90 bits per heavy atom. The lowest BCUT2D eigenvalue weighted by atomic mass is 10.2. The van der Waals surface area contributed by atoms with Crippen LogP contribution in [0.5, 0.6) is 0 Å². The highest BCUT2D eigenvalue weighted by atomic mass is 35.5. The number of hydrogen-bond donors (Lipinski definition) is 1. The number of esters is 1. The molecule has 1 aliphatic heterocycles. The summed E-state index contributed by atoms with van der Waals surface area (Å²) < 4.78 is 5.01. The molecule has 0 aliphatic carbocycles. The summed E-state index contributed by atoms with van der Waals surface area (Å²) in [6, 6.07) is 5.55. The molecule has 0 bridgehead atoms. The van der Waals surface area contributed by atoms with Gasteiger partial charge in [-0.2, -0.15) is 0 Å². The second kappa shape index (κ2) is 10.5. The molecule has 30 heavy (non-hydrogen) atoms. The third-order valence-electron chi connectivity index (χ3n) is 4.74. The van der Waals surface area contributed by atoms with Crippen molar-refractivity contribution in [1.29, 1.82) is 0 Å². The van der Waals surface area contributed by atoms with E-state index in [0.29, 0.717) is 32.4 Å². The SMILES string of the molecule is CCOC(=O)c1sc(NC(=O)CN2CCN(Cc3ccc(Cl)cc3Cl)CC2)nc1C. The minimum absolute atomic E-state index is 0.145. The number of anilines is 1. The molecule has 1 aromatic heterocycles. The molecule has 7 nitrogen and oxygen atoms in total. The maximum Gasteiger partial charge on any atom is 0.350 e. The molecule has 0 saturated carbocycles. The summed E-state index contributed by atoms with van der Waals surface area (Å²) in [5.74, 6) is -0.557. The van der Waals surface area contributed by atoms with Crippen molar-refractivity contribution >= 4 is 51.5 Å². The Hall–Kier alpha value is -1.71. The Bertz CT molecular complexity index is 913. The normalized spacial score (nSPS) is 15.2. The topological polar surface area (TPSA) is 74.8 Å². The molecule has 0 radical (unpaired) electrons. The van der Waals surface area contributed by atoms with Gasteiger partial charge in [0.05, 0.1) is 18.8 Å². The highest BCUT2D eigenvalue weighted by Crippen LogP contribution is 2.24. The van der Waals surface area contributed by atoms with Gasteiger partial charge in [-0.1, -0.05) is 40.6 Å². The highest BCUT2D eigenvalue weighted by Gasteiger charge is 2.21. The van der Waals surface area contributed by atoms with Crippen LogP contribution in [-0.2, 0) is 16.1 Å². The first-order valence-electron chi connectivity index (χ1n) is 9.68. The van der Waals surface area contributed by atoms with Crippen molar-refractivity contribution in [2.75, 3.05) is 44.6 Å². The molecule has 1 aliphatic rings. The minimum Gasteiger partial charge on any atom is -0.462 e. The summed E-state index contributed by atoms with van der Waals surface area (Å²) >= 11 is 13.4. The van der Waals surface area contributed by atoms with Crippen molar-refractivity contribution < 1.29 is 14.3 Å². The van der Waals surface area contributed by atoms with Crippen LogP contribution >= 0.6 is 34.5 Å². The van der Waals surface area contributed by atoms with Crippen molar-refractivity contribution in [3.63, 3.8) is 0 Å². The number of amides is 1. The first-order chi connectivity index (χ1) is 14.4. The number of thiazole rings is 1. The third-order valence-corrected chi connectivity index (χ3v) is 6.38. The second-order valence-electron chi connectivity index (χ2n) is 6.99. The van der Waals surface area contributed by atoms with Crippen LogP contribution < -0.4 is 5.32 Å². The van der Waals surface area contributed by atoms with E-state index >= 15 is 0 Å². The van der Waals surface area contributed by atoms with Gasteiger partial charge in [0.2, 0.25) is 5.91 Å².